The third-order valence-corrected chi connectivity index (χ3v) is 4.62. The number of nitrogens with zero attached hydrogens (tertiary/aromatic N) is 2. The molecule has 0 aliphatic heterocycles. The number of aryl methyl sites for hydroxylation is 1. The number of nitrogens with one attached hydrogen (secondary N) is 1. The zero-order valence-electron chi connectivity index (χ0n) is 15.5. The van der Waals surface area contributed by atoms with Crippen molar-refractivity contribution in [3.05, 3.63) is 60.0 Å². The summed E-state index contributed by atoms with van der Waals surface area (Å²) < 4.78 is 7.42. The molecule has 0 unspecified atom stereocenters. The summed E-state index contributed by atoms with van der Waals surface area (Å²) in [7, 11) is 0. The highest BCUT2D eigenvalue weighted by Crippen LogP contribution is 2.17. The molecule has 3 aromatic rings. The van der Waals surface area contributed by atoms with Crippen molar-refractivity contribution >= 4 is 53.8 Å². The van der Waals surface area contributed by atoms with E-state index >= 15 is 0 Å². The first kappa shape index (κ1) is 24.1. The number of hydrogen-bond donors (Lipinski definition) is 2. The number of rotatable bonds is 8. The van der Waals surface area contributed by atoms with Gasteiger partial charge in [0.25, 0.3) is 0 Å². The summed E-state index contributed by atoms with van der Waals surface area (Å²) in [5.74, 6) is 1.77. The van der Waals surface area contributed by atoms with Crippen molar-refractivity contribution in [2.24, 2.45) is 5.73 Å². The van der Waals surface area contributed by atoms with Crippen LogP contribution in [0.2, 0.25) is 0 Å². The van der Waals surface area contributed by atoms with Crippen LogP contribution in [0, 0.1) is 6.92 Å². The van der Waals surface area contributed by atoms with Crippen LogP contribution >= 0.6 is 36.6 Å². The minimum Gasteiger partial charge on any atom is -0.492 e. The van der Waals surface area contributed by atoms with Crippen molar-refractivity contribution in [2.75, 3.05) is 24.2 Å². The summed E-state index contributed by atoms with van der Waals surface area (Å²) in [6.45, 7) is 3.00. The molecule has 1 aromatic carbocycles. The molecule has 0 atom stereocenters. The number of carbonyl (C=O) groups excluding carboxylic acids is 1. The topological polar surface area (TPSA) is 81.6 Å². The highest BCUT2D eigenvalue weighted by atomic mass is 35.5. The first-order valence-corrected chi connectivity index (χ1v) is 9.54. The van der Waals surface area contributed by atoms with E-state index in [9.17, 15) is 4.79 Å². The molecule has 0 fully saturated rings. The lowest BCUT2D eigenvalue weighted by molar-refractivity contribution is -0.113. The van der Waals surface area contributed by atoms with Gasteiger partial charge in [-0.05, 0) is 42.8 Å². The molecule has 3 N–H and O–H groups in total. The summed E-state index contributed by atoms with van der Waals surface area (Å²) >= 11 is 1.54. The fourth-order valence-electron chi connectivity index (χ4n) is 2.48. The van der Waals surface area contributed by atoms with Gasteiger partial charge in [0.15, 0.2) is 0 Å². The molecule has 2 aromatic heterocycles. The lowest BCUT2D eigenvalue weighted by Gasteiger charge is -2.07. The third kappa shape index (κ3) is 6.91. The van der Waals surface area contributed by atoms with Gasteiger partial charge in [0.05, 0.1) is 11.4 Å². The van der Waals surface area contributed by atoms with Gasteiger partial charge < -0.3 is 20.2 Å². The zero-order chi connectivity index (χ0) is 18.4. The van der Waals surface area contributed by atoms with Gasteiger partial charge in [0.2, 0.25) is 5.91 Å². The molecule has 0 saturated carbocycles. The smallest absolute Gasteiger partial charge is 0.234 e. The van der Waals surface area contributed by atoms with Crippen LogP contribution in [0.1, 0.15) is 11.3 Å². The monoisotopic (exact) mass is 442 g/mol. The average molecular weight is 443 g/mol. The number of amides is 1. The Kier molecular flexibility index (Phi) is 10.2. The highest BCUT2D eigenvalue weighted by molar-refractivity contribution is 7.99. The molecule has 0 bridgehead atoms. The molecular weight excluding hydrogens is 419 g/mol. The second-order valence-corrected chi connectivity index (χ2v) is 6.89. The molecule has 0 radical (unpaired) electrons. The Morgan fingerprint density at radius 1 is 1.18 bits per heavy atom. The van der Waals surface area contributed by atoms with E-state index in [1.165, 1.54) is 5.56 Å². The van der Waals surface area contributed by atoms with Crippen molar-refractivity contribution in [1.82, 2.24) is 9.38 Å². The summed E-state index contributed by atoms with van der Waals surface area (Å²) in [6.07, 6.45) is 4.05. The van der Waals surface area contributed by atoms with Crippen LogP contribution in [-0.2, 0) is 10.5 Å². The lowest BCUT2D eigenvalue weighted by Crippen LogP contribution is -2.14. The fourth-order valence-corrected chi connectivity index (χ4v) is 3.19. The summed E-state index contributed by atoms with van der Waals surface area (Å²) in [4.78, 5) is 16.6. The van der Waals surface area contributed by atoms with Gasteiger partial charge in [-0.3, -0.25) is 4.79 Å². The highest BCUT2D eigenvalue weighted by Gasteiger charge is 2.06. The molecule has 0 aliphatic carbocycles. The van der Waals surface area contributed by atoms with E-state index < -0.39 is 0 Å². The van der Waals surface area contributed by atoms with Gasteiger partial charge in [-0.15, -0.1) is 36.6 Å². The van der Waals surface area contributed by atoms with E-state index in [0.29, 0.717) is 24.7 Å². The van der Waals surface area contributed by atoms with Gasteiger partial charge in [-0.25, -0.2) is 4.98 Å². The Labute approximate surface area is 181 Å². The molecule has 9 heteroatoms. The fraction of sp³-hybridized carbons (Fsp3) is 0.263. The molecule has 0 saturated heterocycles. The third-order valence-electron chi connectivity index (χ3n) is 3.66. The summed E-state index contributed by atoms with van der Waals surface area (Å²) in [6, 6.07) is 11.3. The Bertz CT molecular complexity index is 887. The molecular formula is C19H24Cl2N4O2S. The number of ether oxygens (including phenoxy) is 1. The number of nitrogens with two attached hydrogens (primary N) is 1. The number of thioether (sulfide) groups is 1. The van der Waals surface area contributed by atoms with E-state index in [0.717, 1.165) is 22.8 Å². The standard InChI is InChI=1S/C19H22N4O2S.2ClH/c1-14-2-7-18-21-16(11-23(18)10-14)12-26-13-19(24)22-15-3-5-17(6-4-15)25-9-8-20;;/h2-7,10-11H,8-9,12-13,20H2,1H3,(H,22,24);2*1H. The van der Waals surface area contributed by atoms with Gasteiger partial charge in [-0.1, -0.05) is 6.07 Å². The number of benzene rings is 1. The number of carbonyl (C=O) groups is 1. The van der Waals surface area contributed by atoms with E-state index in [1.807, 2.05) is 53.2 Å². The number of pyridine rings is 1. The maximum absolute atomic E-state index is 12.1. The van der Waals surface area contributed by atoms with Crippen LogP contribution < -0.4 is 15.8 Å². The molecule has 0 spiro atoms. The predicted molar refractivity (Wildman–Crippen MR) is 120 cm³/mol. The van der Waals surface area contributed by atoms with Crippen LogP contribution in [0.5, 0.6) is 5.75 Å². The number of imidazole rings is 1. The van der Waals surface area contributed by atoms with E-state index in [-0.39, 0.29) is 30.7 Å². The Morgan fingerprint density at radius 2 is 1.93 bits per heavy atom. The second-order valence-electron chi connectivity index (χ2n) is 5.91. The van der Waals surface area contributed by atoms with Gasteiger partial charge >= 0.3 is 0 Å². The second kappa shape index (κ2) is 11.8. The van der Waals surface area contributed by atoms with Crippen molar-refractivity contribution in [2.45, 2.75) is 12.7 Å². The number of hydrogen-bond acceptors (Lipinski definition) is 5. The average Bonchev–Trinajstić information content (AvgIpc) is 3.03. The van der Waals surface area contributed by atoms with Crippen molar-refractivity contribution in [3.8, 4) is 5.75 Å². The van der Waals surface area contributed by atoms with E-state index in [1.54, 1.807) is 11.8 Å². The first-order valence-electron chi connectivity index (χ1n) is 8.39. The molecule has 28 heavy (non-hydrogen) atoms. The Morgan fingerprint density at radius 3 is 2.64 bits per heavy atom. The number of aromatic nitrogens is 2. The Hall–Kier alpha value is -1.93. The molecule has 0 aliphatic rings. The zero-order valence-corrected chi connectivity index (χ0v) is 17.9. The number of halogens is 2. The minimum absolute atomic E-state index is 0. The van der Waals surface area contributed by atoms with Crippen LogP contribution in [-0.4, -0.2) is 34.2 Å². The first-order chi connectivity index (χ1) is 12.6. The van der Waals surface area contributed by atoms with Crippen LogP contribution in [0.25, 0.3) is 5.65 Å². The normalized spacial score (nSPS) is 10.1. The van der Waals surface area contributed by atoms with Crippen molar-refractivity contribution in [3.63, 3.8) is 0 Å². The van der Waals surface area contributed by atoms with Gasteiger partial charge in [0, 0.05) is 30.4 Å². The maximum Gasteiger partial charge on any atom is 0.234 e. The predicted octanol–water partition coefficient (Wildman–Crippen LogP) is 3.70. The molecule has 3 rings (SSSR count). The van der Waals surface area contributed by atoms with Gasteiger partial charge in [-0.2, -0.15) is 0 Å². The molecule has 152 valence electrons. The van der Waals surface area contributed by atoms with E-state index in [4.69, 9.17) is 10.5 Å². The number of anilines is 1. The molecule has 2 heterocycles. The molecule has 6 nitrogen and oxygen atoms in total. The largest absolute Gasteiger partial charge is 0.492 e. The van der Waals surface area contributed by atoms with Crippen molar-refractivity contribution in [1.29, 1.82) is 0 Å². The Balaban J connectivity index is 0.00000196. The summed E-state index contributed by atoms with van der Waals surface area (Å²) in [5, 5.41) is 2.88. The van der Waals surface area contributed by atoms with Crippen LogP contribution in [0.4, 0.5) is 5.69 Å². The summed E-state index contributed by atoms with van der Waals surface area (Å²) in [5.41, 5.74) is 9.23. The maximum atomic E-state index is 12.1. The lowest BCUT2D eigenvalue weighted by atomic mass is 10.3. The van der Waals surface area contributed by atoms with Gasteiger partial charge in [0.1, 0.15) is 18.0 Å². The number of fused-ring (bicyclic) bond motifs is 1. The van der Waals surface area contributed by atoms with E-state index in [2.05, 4.69) is 17.2 Å². The van der Waals surface area contributed by atoms with Crippen LogP contribution in [0.3, 0.4) is 0 Å². The quantitative estimate of drug-likeness (QED) is 0.555. The minimum atomic E-state index is -0.0368. The van der Waals surface area contributed by atoms with Crippen LogP contribution in [0.15, 0.2) is 48.8 Å². The van der Waals surface area contributed by atoms with Crippen molar-refractivity contribution < 1.29 is 9.53 Å². The SMILES string of the molecule is Cc1ccc2nc(CSCC(=O)Nc3ccc(OCCN)cc3)cn2c1.Cl.Cl. The molecule has 1 amide bonds.